The average molecular weight is 980 g/mol. The Labute approximate surface area is 410 Å². The van der Waals surface area contributed by atoms with E-state index in [-0.39, 0.29) is 25.2 Å². The lowest BCUT2D eigenvalue weighted by Crippen LogP contribution is -2.51. The van der Waals surface area contributed by atoms with Crippen LogP contribution in [0.3, 0.4) is 0 Å². The third-order valence-electron chi connectivity index (χ3n) is 14.6. The zero-order chi connectivity index (χ0) is 47.8. The summed E-state index contributed by atoms with van der Waals surface area (Å²) in [4.78, 5) is 22.4. The van der Waals surface area contributed by atoms with Crippen LogP contribution in [0.4, 0.5) is 8.78 Å². The molecule has 0 saturated carbocycles. The van der Waals surface area contributed by atoms with Crippen molar-refractivity contribution < 1.29 is 33.3 Å². The number of aliphatic hydroxyl groups is 2. The summed E-state index contributed by atoms with van der Waals surface area (Å²) >= 11 is 13.3. The number of aryl methyl sites for hydroxylation is 1. The molecule has 4 saturated heterocycles. The first kappa shape index (κ1) is 50.7. The maximum Gasteiger partial charge on any atom is 0.324 e. The number of halogens is 4. The van der Waals surface area contributed by atoms with E-state index in [2.05, 4.69) is 50.2 Å². The van der Waals surface area contributed by atoms with Gasteiger partial charge in [-0.2, -0.15) is 8.78 Å². The number of hydrogen-bond acceptors (Lipinski definition) is 10. The molecule has 1 unspecified atom stereocenters. The van der Waals surface area contributed by atoms with Crippen molar-refractivity contribution in [2.75, 3.05) is 79.0 Å². The molecule has 4 aliphatic rings. The van der Waals surface area contributed by atoms with Gasteiger partial charge in [-0.3, -0.25) is 4.79 Å². The van der Waals surface area contributed by atoms with Crippen LogP contribution in [-0.4, -0.2) is 145 Å². The first-order chi connectivity index (χ1) is 32.8. The fourth-order valence-electron chi connectivity index (χ4n) is 10.2. The zero-order valence-corrected chi connectivity index (χ0v) is 41.0. The second kappa shape index (κ2) is 23.5. The predicted octanol–water partition coefficient (Wildman–Crippen LogP) is 8.04. The highest BCUT2D eigenvalue weighted by Gasteiger charge is 2.41. The van der Waals surface area contributed by atoms with Crippen molar-refractivity contribution in [3.63, 3.8) is 0 Å². The number of nitrogens with one attached hydrogen (secondary N) is 1. The zero-order valence-electron chi connectivity index (χ0n) is 39.4. The van der Waals surface area contributed by atoms with Gasteiger partial charge in [0.05, 0.1) is 22.2 Å². The van der Waals surface area contributed by atoms with Crippen molar-refractivity contribution in [3.8, 4) is 11.5 Å². The molecule has 0 radical (unpaired) electrons. The Morgan fingerprint density at radius 2 is 1.21 bits per heavy atom. The minimum Gasteiger partial charge on any atom is -0.489 e. The summed E-state index contributed by atoms with van der Waals surface area (Å²) in [7, 11) is 2.08. The number of aliphatic hydroxyl groups excluding tert-OH is 2. The predicted molar refractivity (Wildman–Crippen MR) is 266 cm³/mol. The molecule has 8 rings (SSSR count). The molecule has 11 nitrogen and oxygen atoms in total. The highest BCUT2D eigenvalue weighted by Crippen LogP contribution is 2.34. The van der Waals surface area contributed by atoms with Gasteiger partial charge in [-0.1, -0.05) is 71.7 Å². The molecule has 4 atom stereocenters. The van der Waals surface area contributed by atoms with E-state index in [4.69, 9.17) is 38.4 Å². The van der Waals surface area contributed by atoms with E-state index in [9.17, 15) is 15.0 Å². The molecule has 0 spiro atoms. The highest BCUT2D eigenvalue weighted by molar-refractivity contribution is 6.32. The first-order valence-corrected chi connectivity index (χ1v) is 25.6. The van der Waals surface area contributed by atoms with Crippen LogP contribution in [0, 0.1) is 0 Å². The van der Waals surface area contributed by atoms with Crippen molar-refractivity contribution in [2.24, 2.45) is 5.73 Å². The molecule has 1 amide bonds. The van der Waals surface area contributed by atoms with Gasteiger partial charge in [0, 0.05) is 58.3 Å². The smallest absolute Gasteiger partial charge is 0.324 e. The Bertz CT molecular complexity index is 2280. The van der Waals surface area contributed by atoms with Crippen molar-refractivity contribution >= 4 is 39.9 Å². The Kier molecular flexibility index (Phi) is 17.6. The summed E-state index contributed by atoms with van der Waals surface area (Å²) in [6, 6.07) is 21.2. The van der Waals surface area contributed by atoms with Gasteiger partial charge >= 0.3 is 5.92 Å². The van der Waals surface area contributed by atoms with Gasteiger partial charge in [0.25, 0.3) is 5.91 Å². The largest absolute Gasteiger partial charge is 0.489 e. The van der Waals surface area contributed by atoms with Crippen LogP contribution in [-0.2, 0) is 17.6 Å². The van der Waals surface area contributed by atoms with E-state index >= 15 is 8.78 Å². The second-order valence-electron chi connectivity index (χ2n) is 19.8. The number of nitrogens with zero attached hydrogens (tertiary/aromatic N) is 4. The number of hydrogen-bond donors (Lipinski definition) is 4. The third-order valence-corrected chi connectivity index (χ3v) is 15.1. The normalized spacial score (nSPS) is 20.4. The SMILES string of the molecule is CN1CCC(Oc2ccc([C@@H](O)[C@@H](CN3CCCC3)NC(=O)C(F)(F)CCc3ccc4ccc(CCN5CCC(Oc6ccc(C(O)[C@H](N)CN7CCCC7)cc6Cl)CC5)cc4c3)cc2Cl)CC1. The Hall–Kier alpha value is -3.63. The van der Waals surface area contributed by atoms with Crippen molar-refractivity contribution in [1.82, 2.24) is 24.9 Å². The van der Waals surface area contributed by atoms with E-state index in [1.54, 1.807) is 24.3 Å². The van der Waals surface area contributed by atoms with Crippen LogP contribution in [0.5, 0.6) is 11.5 Å². The van der Waals surface area contributed by atoms with Crippen molar-refractivity contribution in [2.45, 2.75) is 113 Å². The maximum atomic E-state index is 15.8. The van der Waals surface area contributed by atoms with Crippen LogP contribution in [0.15, 0.2) is 72.8 Å². The summed E-state index contributed by atoms with van der Waals surface area (Å²) in [5.41, 5.74) is 9.37. The number of alkyl halides is 2. The summed E-state index contributed by atoms with van der Waals surface area (Å²) in [6.45, 7) is 9.00. The highest BCUT2D eigenvalue weighted by atomic mass is 35.5. The molecule has 0 aliphatic carbocycles. The van der Waals surface area contributed by atoms with Crippen LogP contribution < -0.4 is 20.5 Å². The van der Waals surface area contributed by atoms with Crippen LogP contribution in [0.2, 0.25) is 10.0 Å². The number of benzene rings is 4. The number of amides is 1. The van der Waals surface area contributed by atoms with E-state index < -0.39 is 42.5 Å². The fourth-order valence-corrected chi connectivity index (χ4v) is 10.7. The third kappa shape index (κ3) is 13.6. The molecule has 4 fully saturated rings. The number of carbonyl (C=O) groups is 1. The van der Waals surface area contributed by atoms with E-state index in [0.29, 0.717) is 39.2 Å². The quantitative estimate of drug-likeness (QED) is 0.0692. The minimum absolute atomic E-state index is 0.00956. The number of fused-ring (bicyclic) bond motifs is 1. The molecule has 0 aromatic heterocycles. The molecule has 5 N–H and O–H groups in total. The van der Waals surface area contributed by atoms with Gasteiger partial charge in [-0.25, -0.2) is 0 Å². The monoisotopic (exact) mass is 978 g/mol. The summed E-state index contributed by atoms with van der Waals surface area (Å²) in [5, 5.41) is 27.8. The summed E-state index contributed by atoms with van der Waals surface area (Å²) in [6.07, 6.45) is 5.99. The molecular formula is C53H70Cl2F2N6O5. The Morgan fingerprint density at radius 1 is 0.691 bits per heavy atom. The lowest BCUT2D eigenvalue weighted by molar-refractivity contribution is -0.148. The van der Waals surface area contributed by atoms with Crippen LogP contribution >= 0.6 is 23.2 Å². The molecule has 4 aromatic carbocycles. The molecule has 15 heteroatoms. The number of ether oxygens (including phenoxy) is 2. The van der Waals surface area contributed by atoms with Gasteiger partial charge in [-0.05, 0) is 155 Å². The average Bonchev–Trinajstić information content (AvgIpc) is 4.07. The van der Waals surface area contributed by atoms with E-state index in [1.165, 1.54) is 12.8 Å². The second-order valence-corrected chi connectivity index (χ2v) is 20.6. The minimum atomic E-state index is -3.66. The fraction of sp³-hybridized carbons (Fsp3) is 0.566. The van der Waals surface area contributed by atoms with Gasteiger partial charge in [0.15, 0.2) is 0 Å². The molecule has 4 aliphatic heterocycles. The van der Waals surface area contributed by atoms with Crippen LogP contribution in [0.25, 0.3) is 10.8 Å². The van der Waals surface area contributed by atoms with Gasteiger partial charge in [0.1, 0.15) is 29.8 Å². The molecule has 68 heavy (non-hydrogen) atoms. The molecular weight excluding hydrogens is 910 g/mol. The molecule has 0 bridgehead atoms. The maximum absolute atomic E-state index is 15.8. The summed E-state index contributed by atoms with van der Waals surface area (Å²) < 4.78 is 44.0. The van der Waals surface area contributed by atoms with Crippen molar-refractivity contribution in [3.05, 3.63) is 105 Å². The molecule has 370 valence electrons. The van der Waals surface area contributed by atoms with Crippen LogP contribution in [0.1, 0.15) is 92.2 Å². The van der Waals surface area contributed by atoms with Crippen molar-refractivity contribution in [1.29, 1.82) is 0 Å². The van der Waals surface area contributed by atoms with E-state index in [0.717, 1.165) is 126 Å². The molecule has 4 aromatic rings. The lowest BCUT2D eigenvalue weighted by Gasteiger charge is -2.32. The number of likely N-dealkylation sites (tertiary alicyclic amines) is 4. The Morgan fingerprint density at radius 3 is 1.76 bits per heavy atom. The number of piperidine rings is 2. The number of nitrogens with two attached hydrogens (primary N) is 1. The number of rotatable bonds is 20. The Balaban J connectivity index is 0.808. The first-order valence-electron chi connectivity index (χ1n) is 24.9. The number of carbonyl (C=O) groups excluding carboxylic acids is 1. The van der Waals surface area contributed by atoms with Gasteiger partial charge in [-0.15, -0.1) is 0 Å². The van der Waals surface area contributed by atoms with Gasteiger partial charge < -0.3 is 50.3 Å². The lowest BCUT2D eigenvalue weighted by atomic mass is 9.98. The standard InChI is InChI=1S/C53H70Cl2F2N6O5/c1-60-25-16-42(17-26-60)67-49-13-11-40(33-45(49)55)51(65)47(35-63-23-4-5-24-63)59-52(66)53(56,57)20-14-36-6-8-38-9-7-37(31-41(38)30-36)15-27-61-28-18-43(19-29-61)68-48-12-10-39(32-44(48)54)50(64)46(58)34-62-21-2-3-22-62/h6-13,30-33,42-43,46-47,50-51,64-65H,2-5,14-29,34-35,58H2,1H3,(H,59,66)/t46-,47-,50?,51-/m1/s1. The van der Waals surface area contributed by atoms with E-state index in [1.807, 2.05) is 30.3 Å². The van der Waals surface area contributed by atoms with Gasteiger partial charge in [0.2, 0.25) is 0 Å². The summed E-state index contributed by atoms with van der Waals surface area (Å²) in [5.74, 6) is -3.92. The topological polar surface area (TPSA) is 127 Å². The molecule has 4 heterocycles.